The topological polar surface area (TPSA) is 73.2 Å². The molecule has 1 saturated carbocycles. The molecule has 0 bridgehead atoms. The predicted octanol–water partition coefficient (Wildman–Crippen LogP) is 1.84. The third kappa shape index (κ3) is 3.07. The van der Waals surface area contributed by atoms with Gasteiger partial charge in [0.1, 0.15) is 11.3 Å². The van der Waals surface area contributed by atoms with Crippen molar-refractivity contribution in [3.8, 4) is 5.75 Å². The first kappa shape index (κ1) is 17.9. The molecule has 1 aromatic carbocycles. The van der Waals surface area contributed by atoms with Crippen LogP contribution in [0.2, 0.25) is 5.82 Å². The van der Waals surface area contributed by atoms with Gasteiger partial charge in [-0.1, -0.05) is 6.07 Å². The molecule has 27 heavy (non-hydrogen) atoms. The average molecular weight is 388 g/mol. The Morgan fingerprint density at radius 2 is 2.22 bits per heavy atom. The highest BCUT2D eigenvalue weighted by Gasteiger charge is 2.54. The van der Waals surface area contributed by atoms with E-state index in [9.17, 15) is 14.9 Å². The van der Waals surface area contributed by atoms with Gasteiger partial charge >= 0.3 is 13.1 Å². The van der Waals surface area contributed by atoms with E-state index in [4.69, 9.17) is 4.65 Å². The van der Waals surface area contributed by atoms with Gasteiger partial charge in [-0.3, -0.25) is 0 Å². The summed E-state index contributed by atoms with van der Waals surface area (Å²) in [6, 6.07) is 3.92. The van der Waals surface area contributed by atoms with Crippen LogP contribution in [0.25, 0.3) is 0 Å². The lowest BCUT2D eigenvalue weighted by atomic mass is 9.77. The molecular weight excluding hydrogens is 363 g/mol. The number of aromatic carboxylic acids is 1. The number of hydrogen-bond acceptors (Lipinski definition) is 6. The highest BCUT2D eigenvalue weighted by atomic mass is 32.2. The molecule has 3 aliphatic heterocycles. The van der Waals surface area contributed by atoms with Crippen molar-refractivity contribution in [2.75, 3.05) is 45.5 Å². The average Bonchev–Trinajstić information content (AvgIpc) is 3.30. The van der Waals surface area contributed by atoms with E-state index in [-0.39, 0.29) is 17.3 Å². The maximum atomic E-state index is 11.9. The zero-order valence-electron chi connectivity index (χ0n) is 15.6. The molecule has 5 rings (SSSR count). The molecule has 0 aromatic heterocycles. The summed E-state index contributed by atoms with van der Waals surface area (Å²) in [6.45, 7) is 5.67. The maximum Gasteiger partial charge on any atom is 0.526 e. The van der Waals surface area contributed by atoms with Crippen LogP contribution in [0.3, 0.4) is 0 Å². The number of carbonyl (C=O) groups is 1. The van der Waals surface area contributed by atoms with Crippen LogP contribution in [-0.4, -0.2) is 78.5 Å². The molecule has 1 aromatic rings. The second-order valence-corrected chi connectivity index (χ2v) is 9.86. The Bertz CT molecular complexity index is 785. The molecule has 2 N–H and O–H groups in total. The van der Waals surface area contributed by atoms with Crippen molar-refractivity contribution >= 4 is 24.8 Å². The van der Waals surface area contributed by atoms with Crippen molar-refractivity contribution in [1.29, 1.82) is 0 Å². The molecule has 3 heterocycles. The number of carboxylic acids is 1. The lowest BCUT2D eigenvalue weighted by Crippen LogP contribution is -2.55. The number of fused-ring (bicyclic) bond motifs is 3. The Kier molecular flexibility index (Phi) is 4.24. The molecule has 6 nitrogen and oxygen atoms in total. The third-order valence-corrected chi connectivity index (χ3v) is 7.64. The quantitative estimate of drug-likeness (QED) is 0.589. The number of nitrogens with zero attached hydrogens (tertiary/aromatic N) is 2. The number of benzene rings is 1. The van der Waals surface area contributed by atoms with Gasteiger partial charge in [-0.15, -0.1) is 11.8 Å². The summed E-state index contributed by atoms with van der Waals surface area (Å²) >= 11 is 1.58. The van der Waals surface area contributed by atoms with E-state index in [2.05, 4.69) is 16.8 Å². The minimum absolute atomic E-state index is 0.130. The maximum absolute atomic E-state index is 11.9. The van der Waals surface area contributed by atoms with Gasteiger partial charge in [0.05, 0.1) is 0 Å². The van der Waals surface area contributed by atoms with Gasteiger partial charge in [0.25, 0.3) is 0 Å². The Morgan fingerprint density at radius 3 is 2.96 bits per heavy atom. The molecule has 2 atom stereocenters. The van der Waals surface area contributed by atoms with Gasteiger partial charge in [-0.2, -0.15) is 0 Å². The van der Waals surface area contributed by atoms with Gasteiger partial charge in [-0.25, -0.2) is 4.79 Å². The third-order valence-electron chi connectivity index (χ3n) is 6.60. The van der Waals surface area contributed by atoms with Crippen LogP contribution in [0.15, 0.2) is 17.0 Å². The normalized spacial score (nSPS) is 28.4. The number of rotatable bonds is 5. The van der Waals surface area contributed by atoms with Crippen molar-refractivity contribution in [2.24, 2.45) is 5.41 Å². The second kappa shape index (κ2) is 6.41. The van der Waals surface area contributed by atoms with Crippen molar-refractivity contribution in [3.63, 3.8) is 0 Å². The Morgan fingerprint density at radius 1 is 1.41 bits per heavy atom. The molecule has 4 aliphatic rings. The lowest BCUT2D eigenvalue weighted by Gasteiger charge is -2.46. The van der Waals surface area contributed by atoms with Crippen LogP contribution in [0.5, 0.6) is 5.75 Å². The van der Waals surface area contributed by atoms with Gasteiger partial charge in [0.15, 0.2) is 0 Å². The fourth-order valence-corrected chi connectivity index (χ4v) is 6.34. The molecule has 144 valence electrons. The molecule has 0 amide bonds. The summed E-state index contributed by atoms with van der Waals surface area (Å²) in [7, 11) is 1.30. The molecule has 0 radical (unpaired) electrons. The van der Waals surface area contributed by atoms with Crippen LogP contribution in [-0.2, 0) is 0 Å². The van der Waals surface area contributed by atoms with E-state index in [1.54, 1.807) is 11.8 Å². The summed E-state index contributed by atoms with van der Waals surface area (Å²) < 4.78 is 5.60. The highest BCUT2D eigenvalue weighted by molar-refractivity contribution is 7.99. The molecular formula is C19H25BN2O4S. The number of hydrogen-bond donors (Lipinski definition) is 2. The van der Waals surface area contributed by atoms with Crippen LogP contribution in [0, 0.1) is 5.41 Å². The number of thioether (sulfide) groups is 1. The van der Waals surface area contributed by atoms with E-state index < -0.39 is 13.1 Å². The van der Waals surface area contributed by atoms with Gasteiger partial charge in [0, 0.05) is 48.1 Å². The molecule has 2 saturated heterocycles. The predicted molar refractivity (Wildman–Crippen MR) is 105 cm³/mol. The van der Waals surface area contributed by atoms with Gasteiger partial charge in [-0.05, 0) is 44.0 Å². The van der Waals surface area contributed by atoms with Crippen LogP contribution in [0.4, 0.5) is 0 Å². The first-order valence-electron chi connectivity index (χ1n) is 9.74. The van der Waals surface area contributed by atoms with E-state index >= 15 is 0 Å². The first-order valence-corrected chi connectivity index (χ1v) is 10.7. The fourth-order valence-electron chi connectivity index (χ4n) is 5.28. The van der Waals surface area contributed by atoms with E-state index in [0.717, 1.165) is 42.3 Å². The fraction of sp³-hybridized carbons (Fsp3) is 0.632. The Labute approximate surface area is 164 Å². The van der Waals surface area contributed by atoms with Crippen molar-refractivity contribution in [2.45, 2.75) is 29.5 Å². The SMILES string of the molecule is CN1CC2(CCN(CCSc3ccc4c(c3C(=O)O)OB(O)C3CC43)C2)C1. The minimum Gasteiger partial charge on any atom is -0.535 e. The molecule has 8 heteroatoms. The molecule has 1 aliphatic carbocycles. The Hall–Kier alpha value is -1.22. The summed E-state index contributed by atoms with van der Waals surface area (Å²) in [4.78, 5) is 17.5. The zero-order chi connectivity index (χ0) is 18.8. The monoisotopic (exact) mass is 388 g/mol. The number of likely N-dealkylation sites (tertiary alicyclic amines) is 2. The summed E-state index contributed by atoms with van der Waals surface area (Å²) in [5.74, 6) is 0.655. The van der Waals surface area contributed by atoms with E-state index in [0.29, 0.717) is 11.2 Å². The summed E-state index contributed by atoms with van der Waals surface area (Å²) in [5, 5.41) is 19.8. The van der Waals surface area contributed by atoms with E-state index in [1.165, 1.54) is 19.5 Å². The standard InChI is InChI=1S/C19H25BN2O4S/c1-21-9-19(10-21)4-5-22(11-19)6-7-27-15-3-2-12-13-8-14(13)20(25)26-17(12)16(15)18(23)24/h2-3,13-14,25H,4-11H2,1H3,(H,23,24). The lowest BCUT2D eigenvalue weighted by molar-refractivity contribution is 0.0314. The summed E-state index contributed by atoms with van der Waals surface area (Å²) in [6.07, 6.45) is 2.15. The smallest absolute Gasteiger partial charge is 0.526 e. The van der Waals surface area contributed by atoms with Gasteiger partial charge in [0.2, 0.25) is 0 Å². The molecule has 2 unspecified atom stereocenters. The molecule has 1 spiro atoms. The van der Waals surface area contributed by atoms with Crippen LogP contribution >= 0.6 is 11.8 Å². The largest absolute Gasteiger partial charge is 0.535 e. The minimum atomic E-state index is -0.974. The second-order valence-electron chi connectivity index (χ2n) is 8.72. The van der Waals surface area contributed by atoms with Crippen molar-refractivity contribution in [3.05, 3.63) is 23.3 Å². The van der Waals surface area contributed by atoms with Crippen molar-refractivity contribution in [1.82, 2.24) is 9.80 Å². The van der Waals surface area contributed by atoms with Crippen LogP contribution in [0.1, 0.15) is 34.7 Å². The zero-order valence-corrected chi connectivity index (χ0v) is 16.4. The molecule has 3 fully saturated rings. The van der Waals surface area contributed by atoms with Crippen LogP contribution < -0.4 is 4.65 Å². The summed E-state index contributed by atoms with van der Waals surface area (Å²) in [5.41, 5.74) is 1.67. The highest BCUT2D eigenvalue weighted by Crippen LogP contribution is 2.60. The first-order chi connectivity index (χ1) is 13.0. The van der Waals surface area contributed by atoms with E-state index in [1.807, 2.05) is 12.1 Å². The number of carboxylic acid groups (broad SMARTS) is 1. The van der Waals surface area contributed by atoms with Gasteiger partial charge < -0.3 is 24.6 Å². The van der Waals surface area contributed by atoms with Crippen molar-refractivity contribution < 1.29 is 19.6 Å². The Balaban J connectivity index is 1.26.